The standard InChI is InChI=1S/C7H13NO3/c9-3-4-5(10)6(11)7(8-4)1-2-7/h4-6,8-11H,1-3H2/t4-,5+,6+/m0/s1. The van der Waals surface area contributed by atoms with Crippen LogP contribution in [0.5, 0.6) is 0 Å². The molecule has 64 valence electrons. The first kappa shape index (κ1) is 7.49. The quantitative estimate of drug-likeness (QED) is 0.364. The van der Waals surface area contributed by atoms with Gasteiger partial charge in [0.2, 0.25) is 0 Å². The smallest absolute Gasteiger partial charge is 0.0996 e. The van der Waals surface area contributed by atoms with E-state index in [2.05, 4.69) is 5.32 Å². The molecule has 2 aliphatic rings. The zero-order valence-corrected chi connectivity index (χ0v) is 6.20. The first-order chi connectivity index (χ1) is 5.19. The molecule has 0 radical (unpaired) electrons. The van der Waals surface area contributed by atoms with Crippen molar-refractivity contribution >= 4 is 0 Å². The number of rotatable bonds is 1. The molecule has 1 saturated heterocycles. The number of hydrogen-bond acceptors (Lipinski definition) is 4. The molecule has 1 spiro atoms. The van der Waals surface area contributed by atoms with Gasteiger partial charge in [0.1, 0.15) is 0 Å². The minimum absolute atomic E-state index is 0.111. The van der Waals surface area contributed by atoms with Crippen LogP contribution in [0.1, 0.15) is 12.8 Å². The average molecular weight is 159 g/mol. The molecule has 1 aliphatic carbocycles. The lowest BCUT2D eigenvalue weighted by Gasteiger charge is -2.12. The van der Waals surface area contributed by atoms with Crippen LogP contribution in [0.4, 0.5) is 0 Å². The summed E-state index contributed by atoms with van der Waals surface area (Å²) in [5.74, 6) is 0. The summed E-state index contributed by atoms with van der Waals surface area (Å²) in [5, 5.41) is 30.6. The van der Waals surface area contributed by atoms with Crippen LogP contribution in [0.2, 0.25) is 0 Å². The van der Waals surface area contributed by atoms with E-state index < -0.39 is 12.2 Å². The highest BCUT2D eigenvalue weighted by molar-refractivity contribution is 5.17. The van der Waals surface area contributed by atoms with Gasteiger partial charge in [-0.25, -0.2) is 0 Å². The molecule has 2 rings (SSSR count). The second-order valence-electron chi connectivity index (χ2n) is 3.52. The van der Waals surface area contributed by atoms with E-state index in [-0.39, 0.29) is 18.2 Å². The SMILES string of the molecule is OC[C@@H]1NC2(CC2)[C@H](O)[C@@H]1O. The van der Waals surface area contributed by atoms with Crippen LogP contribution in [-0.4, -0.2) is 45.7 Å². The van der Waals surface area contributed by atoms with Gasteiger partial charge in [0, 0.05) is 5.54 Å². The molecule has 1 aliphatic heterocycles. The Morgan fingerprint density at radius 3 is 2.27 bits per heavy atom. The predicted molar refractivity (Wildman–Crippen MR) is 38.0 cm³/mol. The molecule has 11 heavy (non-hydrogen) atoms. The second kappa shape index (κ2) is 2.17. The molecule has 4 N–H and O–H groups in total. The lowest BCUT2D eigenvalue weighted by atomic mass is 10.1. The van der Waals surface area contributed by atoms with E-state index in [1.807, 2.05) is 0 Å². The number of aliphatic hydroxyl groups is 3. The van der Waals surface area contributed by atoms with Crippen LogP contribution in [0.25, 0.3) is 0 Å². The van der Waals surface area contributed by atoms with Crippen molar-refractivity contribution in [3.8, 4) is 0 Å². The van der Waals surface area contributed by atoms with Gasteiger partial charge in [-0.2, -0.15) is 0 Å². The Hall–Kier alpha value is -0.160. The molecule has 0 aromatic rings. The van der Waals surface area contributed by atoms with Crippen molar-refractivity contribution in [2.24, 2.45) is 0 Å². The molecule has 4 nitrogen and oxygen atoms in total. The van der Waals surface area contributed by atoms with Gasteiger partial charge in [0.05, 0.1) is 24.9 Å². The molecular formula is C7H13NO3. The van der Waals surface area contributed by atoms with Crippen LogP contribution in [0.15, 0.2) is 0 Å². The molecule has 3 atom stereocenters. The third-order valence-corrected chi connectivity index (χ3v) is 2.76. The maximum absolute atomic E-state index is 9.47. The summed E-state index contributed by atoms with van der Waals surface area (Å²) >= 11 is 0. The van der Waals surface area contributed by atoms with E-state index in [0.29, 0.717) is 0 Å². The number of aliphatic hydroxyl groups excluding tert-OH is 3. The van der Waals surface area contributed by atoms with E-state index in [1.165, 1.54) is 0 Å². The van der Waals surface area contributed by atoms with E-state index in [1.54, 1.807) is 0 Å². The maximum atomic E-state index is 9.47. The largest absolute Gasteiger partial charge is 0.395 e. The predicted octanol–water partition coefficient (Wildman–Crippen LogP) is -1.80. The highest BCUT2D eigenvalue weighted by Crippen LogP contribution is 2.44. The summed E-state index contributed by atoms with van der Waals surface area (Å²) in [7, 11) is 0. The van der Waals surface area contributed by atoms with Gasteiger partial charge in [-0.1, -0.05) is 0 Å². The maximum Gasteiger partial charge on any atom is 0.0996 e. The minimum Gasteiger partial charge on any atom is -0.395 e. The van der Waals surface area contributed by atoms with Gasteiger partial charge < -0.3 is 20.6 Å². The van der Waals surface area contributed by atoms with Crippen molar-refractivity contribution in [3.63, 3.8) is 0 Å². The van der Waals surface area contributed by atoms with Gasteiger partial charge in [-0.15, -0.1) is 0 Å². The van der Waals surface area contributed by atoms with Gasteiger partial charge in [-0.3, -0.25) is 0 Å². The number of nitrogens with one attached hydrogen (secondary N) is 1. The zero-order chi connectivity index (χ0) is 8.06. The van der Waals surface area contributed by atoms with Gasteiger partial charge in [0.15, 0.2) is 0 Å². The summed E-state index contributed by atoms with van der Waals surface area (Å²) in [6, 6.07) is -0.340. The van der Waals surface area contributed by atoms with E-state index in [4.69, 9.17) is 5.11 Å². The fourth-order valence-electron chi connectivity index (χ4n) is 1.82. The first-order valence-electron chi connectivity index (χ1n) is 3.94. The fourth-order valence-corrected chi connectivity index (χ4v) is 1.82. The van der Waals surface area contributed by atoms with Crippen molar-refractivity contribution in [3.05, 3.63) is 0 Å². The van der Waals surface area contributed by atoms with E-state index in [9.17, 15) is 10.2 Å². The van der Waals surface area contributed by atoms with E-state index >= 15 is 0 Å². The van der Waals surface area contributed by atoms with Crippen molar-refractivity contribution in [1.82, 2.24) is 5.32 Å². The Kier molecular flexibility index (Phi) is 1.47. The van der Waals surface area contributed by atoms with Crippen molar-refractivity contribution in [2.45, 2.75) is 36.6 Å². The first-order valence-corrected chi connectivity index (χ1v) is 3.94. The third kappa shape index (κ3) is 0.906. The summed E-state index contributed by atoms with van der Waals surface area (Å²) in [4.78, 5) is 0. The van der Waals surface area contributed by atoms with Crippen LogP contribution >= 0.6 is 0 Å². The molecule has 4 heteroatoms. The second-order valence-corrected chi connectivity index (χ2v) is 3.52. The van der Waals surface area contributed by atoms with Crippen LogP contribution in [0.3, 0.4) is 0 Å². The Morgan fingerprint density at radius 1 is 1.36 bits per heavy atom. The average Bonchev–Trinajstić information content (AvgIpc) is 2.74. The molecule has 2 fully saturated rings. The van der Waals surface area contributed by atoms with Crippen LogP contribution in [-0.2, 0) is 0 Å². The molecule has 0 bridgehead atoms. The third-order valence-electron chi connectivity index (χ3n) is 2.76. The van der Waals surface area contributed by atoms with Crippen LogP contribution < -0.4 is 5.32 Å². The topological polar surface area (TPSA) is 72.7 Å². The molecule has 1 heterocycles. The molecule has 0 unspecified atom stereocenters. The van der Waals surface area contributed by atoms with Crippen molar-refractivity contribution in [2.75, 3.05) is 6.61 Å². The Labute approximate surface area is 64.8 Å². The normalized spacial score (nSPS) is 46.6. The summed E-state index contributed by atoms with van der Waals surface area (Å²) in [6.45, 7) is -0.111. The lowest BCUT2D eigenvalue weighted by molar-refractivity contribution is 0.0163. The van der Waals surface area contributed by atoms with Crippen molar-refractivity contribution in [1.29, 1.82) is 0 Å². The fraction of sp³-hybridized carbons (Fsp3) is 1.00. The zero-order valence-electron chi connectivity index (χ0n) is 6.20. The number of hydrogen-bond donors (Lipinski definition) is 4. The molecular weight excluding hydrogens is 146 g/mol. The minimum atomic E-state index is -0.803. The Morgan fingerprint density at radius 2 is 2.00 bits per heavy atom. The summed E-state index contributed by atoms with van der Waals surface area (Å²) in [5.41, 5.74) is -0.257. The molecule has 0 amide bonds. The Bertz CT molecular complexity index is 169. The Balaban J connectivity index is 2.10. The van der Waals surface area contributed by atoms with Crippen molar-refractivity contribution < 1.29 is 15.3 Å². The lowest BCUT2D eigenvalue weighted by Crippen LogP contribution is -2.37. The van der Waals surface area contributed by atoms with Gasteiger partial charge in [-0.05, 0) is 12.8 Å². The van der Waals surface area contributed by atoms with Crippen LogP contribution in [0, 0.1) is 0 Å². The van der Waals surface area contributed by atoms with Gasteiger partial charge >= 0.3 is 0 Å². The molecule has 0 aromatic carbocycles. The monoisotopic (exact) mass is 159 g/mol. The highest BCUT2D eigenvalue weighted by Gasteiger charge is 2.59. The van der Waals surface area contributed by atoms with E-state index in [0.717, 1.165) is 12.8 Å². The highest BCUT2D eigenvalue weighted by atomic mass is 16.3. The summed E-state index contributed by atoms with van der Waals surface area (Å²) < 4.78 is 0. The molecule has 1 saturated carbocycles. The molecule has 0 aromatic heterocycles. The summed E-state index contributed by atoms with van der Waals surface area (Å²) in [6.07, 6.45) is 0.311. The van der Waals surface area contributed by atoms with Gasteiger partial charge in [0.25, 0.3) is 0 Å².